The van der Waals surface area contributed by atoms with Crippen molar-refractivity contribution in [1.82, 2.24) is 9.13 Å². The van der Waals surface area contributed by atoms with E-state index >= 15 is 0 Å². The van der Waals surface area contributed by atoms with Gasteiger partial charge in [0.1, 0.15) is 6.04 Å². The van der Waals surface area contributed by atoms with Crippen LogP contribution in [0.4, 0.5) is 0 Å². The lowest BCUT2D eigenvalue weighted by Gasteiger charge is -2.23. The number of nitrogens with zero attached hydrogens (tertiary/aromatic N) is 3. The maximum Gasteiger partial charge on any atom is 0.338 e. The molecule has 1 aromatic carbocycles. The minimum atomic E-state index is -0.595. The molecule has 0 radical (unpaired) electrons. The highest BCUT2D eigenvalue weighted by atomic mass is 32.1. The number of thiophene rings is 1. The quantitative estimate of drug-likeness (QED) is 0.304. The van der Waals surface area contributed by atoms with Crippen LogP contribution < -0.4 is 14.9 Å². The van der Waals surface area contributed by atoms with Crippen LogP contribution in [0.3, 0.4) is 0 Å². The van der Waals surface area contributed by atoms with Gasteiger partial charge in [0, 0.05) is 22.0 Å². The van der Waals surface area contributed by atoms with Gasteiger partial charge in [0.05, 0.1) is 34.6 Å². The summed E-state index contributed by atoms with van der Waals surface area (Å²) in [5.41, 5.74) is 4.94. The number of carbonyl (C=O) groups is 2. The van der Waals surface area contributed by atoms with E-state index in [9.17, 15) is 14.4 Å². The fourth-order valence-electron chi connectivity index (χ4n) is 4.94. The molecule has 0 unspecified atom stereocenters. The highest BCUT2D eigenvalue weighted by Crippen LogP contribution is 2.33. The predicted octanol–water partition coefficient (Wildman–Crippen LogP) is 4.44. The van der Waals surface area contributed by atoms with Crippen LogP contribution >= 0.6 is 22.7 Å². The maximum atomic E-state index is 13.8. The van der Waals surface area contributed by atoms with Gasteiger partial charge in [0.15, 0.2) is 4.80 Å². The number of esters is 2. The standard InChI is InChI=1S/C30H29N3O5S2/c1-6-37-28(35)20-10-12-22(13-11-20)32-17(3)15-21(19(32)5)16-24-27(34)33-26(23-9-8-14-39-23)25(29(36)38-7-2)18(4)31-30(33)40-24/h8-16,26H,6-7H2,1-5H3/b24-16-/t26-/m1/s1. The fourth-order valence-corrected chi connectivity index (χ4v) is 6.80. The minimum absolute atomic E-state index is 0.208. The van der Waals surface area contributed by atoms with Crippen molar-refractivity contribution in [3.05, 3.63) is 106 Å². The van der Waals surface area contributed by atoms with Gasteiger partial charge in [-0.15, -0.1) is 11.3 Å². The first-order valence-corrected chi connectivity index (χ1v) is 14.6. The van der Waals surface area contributed by atoms with E-state index in [4.69, 9.17) is 9.47 Å². The van der Waals surface area contributed by atoms with Crippen molar-refractivity contribution in [3.63, 3.8) is 0 Å². The van der Waals surface area contributed by atoms with Crippen molar-refractivity contribution >= 4 is 40.7 Å². The van der Waals surface area contributed by atoms with Gasteiger partial charge >= 0.3 is 11.9 Å². The summed E-state index contributed by atoms with van der Waals surface area (Å²) in [6, 6.07) is 12.5. The summed E-state index contributed by atoms with van der Waals surface area (Å²) < 4.78 is 14.6. The number of thiazole rings is 1. The topological polar surface area (TPSA) is 91.9 Å². The van der Waals surface area contributed by atoms with Crippen LogP contribution in [0.1, 0.15) is 59.0 Å². The Kier molecular flexibility index (Phi) is 7.73. The lowest BCUT2D eigenvalue weighted by Crippen LogP contribution is -2.39. The molecule has 0 saturated carbocycles. The fraction of sp³-hybridized carbons (Fsp3) is 0.267. The third-order valence-corrected chi connectivity index (χ3v) is 8.63. The van der Waals surface area contributed by atoms with Crippen molar-refractivity contribution in [2.75, 3.05) is 13.2 Å². The van der Waals surface area contributed by atoms with E-state index in [0.717, 1.165) is 27.5 Å². The molecule has 0 amide bonds. The zero-order valence-corrected chi connectivity index (χ0v) is 24.5. The van der Waals surface area contributed by atoms with Gasteiger partial charge < -0.3 is 14.0 Å². The summed E-state index contributed by atoms with van der Waals surface area (Å²) in [7, 11) is 0. The average Bonchev–Trinajstić information content (AvgIpc) is 3.63. The van der Waals surface area contributed by atoms with E-state index in [0.29, 0.717) is 32.8 Å². The number of hydrogen-bond donors (Lipinski definition) is 0. The molecule has 5 rings (SSSR count). The summed E-state index contributed by atoms with van der Waals surface area (Å²) in [5, 5.41) is 1.93. The first-order chi connectivity index (χ1) is 19.2. The SMILES string of the molecule is CCOC(=O)C1=C(C)N=c2s/c(=C\c3cc(C)n(-c4ccc(C(=O)OCC)cc4)c3C)c(=O)n2[C@@H]1c1cccs1. The molecular weight excluding hydrogens is 546 g/mol. The highest BCUT2D eigenvalue weighted by molar-refractivity contribution is 7.10. The van der Waals surface area contributed by atoms with E-state index < -0.39 is 12.0 Å². The van der Waals surface area contributed by atoms with Crippen LogP contribution in [0.5, 0.6) is 0 Å². The molecule has 8 nitrogen and oxygen atoms in total. The number of ether oxygens (including phenoxy) is 2. The molecule has 0 saturated heterocycles. The molecule has 0 fully saturated rings. The molecule has 1 atom stereocenters. The zero-order valence-electron chi connectivity index (χ0n) is 22.9. The maximum absolute atomic E-state index is 13.8. The van der Waals surface area contributed by atoms with E-state index in [-0.39, 0.29) is 18.1 Å². The largest absolute Gasteiger partial charge is 0.463 e. The Morgan fingerprint density at radius 1 is 1.02 bits per heavy atom. The van der Waals surface area contributed by atoms with E-state index in [1.54, 1.807) is 37.5 Å². The Balaban J connectivity index is 1.59. The van der Waals surface area contributed by atoms with Crippen LogP contribution in [0.25, 0.3) is 11.8 Å². The Labute approximate surface area is 239 Å². The molecule has 10 heteroatoms. The smallest absolute Gasteiger partial charge is 0.338 e. The Hall–Kier alpha value is -4.02. The summed E-state index contributed by atoms with van der Waals surface area (Å²) in [6.07, 6.45) is 1.88. The monoisotopic (exact) mass is 575 g/mol. The molecule has 0 aliphatic carbocycles. The average molecular weight is 576 g/mol. The van der Waals surface area contributed by atoms with Crippen molar-refractivity contribution < 1.29 is 19.1 Å². The van der Waals surface area contributed by atoms with Crippen LogP contribution in [0, 0.1) is 13.8 Å². The van der Waals surface area contributed by atoms with Crippen LogP contribution in [0.15, 0.2) is 68.9 Å². The molecule has 4 heterocycles. The van der Waals surface area contributed by atoms with Gasteiger partial charge in [-0.05, 0) is 88.0 Å². The third-order valence-electron chi connectivity index (χ3n) is 6.72. The number of rotatable bonds is 7. The first-order valence-electron chi connectivity index (χ1n) is 12.9. The highest BCUT2D eigenvalue weighted by Gasteiger charge is 2.34. The molecule has 0 bridgehead atoms. The number of hydrogen-bond acceptors (Lipinski definition) is 8. The molecule has 0 spiro atoms. The van der Waals surface area contributed by atoms with Gasteiger partial charge in [0.25, 0.3) is 5.56 Å². The second-order valence-corrected chi connectivity index (χ2v) is 11.2. The number of allylic oxidation sites excluding steroid dienone is 1. The van der Waals surface area contributed by atoms with Crippen molar-refractivity contribution in [2.24, 2.45) is 4.99 Å². The lowest BCUT2D eigenvalue weighted by atomic mass is 10.0. The van der Waals surface area contributed by atoms with Gasteiger partial charge in [-0.2, -0.15) is 0 Å². The first kappa shape index (κ1) is 27.5. The second-order valence-electron chi connectivity index (χ2n) is 9.25. The van der Waals surface area contributed by atoms with Crippen molar-refractivity contribution in [1.29, 1.82) is 0 Å². The van der Waals surface area contributed by atoms with Gasteiger partial charge in [-0.1, -0.05) is 17.4 Å². The van der Waals surface area contributed by atoms with Gasteiger partial charge in [0.2, 0.25) is 0 Å². The summed E-state index contributed by atoms with van der Waals surface area (Å²) in [6.45, 7) is 9.87. The van der Waals surface area contributed by atoms with Crippen LogP contribution in [0.2, 0.25) is 0 Å². The molecule has 206 valence electrons. The third kappa shape index (κ3) is 4.89. The lowest BCUT2D eigenvalue weighted by molar-refractivity contribution is -0.139. The van der Waals surface area contributed by atoms with E-state index in [2.05, 4.69) is 9.56 Å². The summed E-state index contributed by atoms with van der Waals surface area (Å²) >= 11 is 2.79. The summed E-state index contributed by atoms with van der Waals surface area (Å²) in [5.74, 6) is -0.817. The van der Waals surface area contributed by atoms with Gasteiger partial charge in [-0.3, -0.25) is 9.36 Å². The second kappa shape index (κ2) is 11.2. The molecule has 1 aliphatic heterocycles. The molecule has 1 aliphatic rings. The molecule has 4 aromatic rings. The number of benzene rings is 1. The van der Waals surface area contributed by atoms with Crippen LogP contribution in [-0.4, -0.2) is 34.3 Å². The number of aromatic nitrogens is 2. The van der Waals surface area contributed by atoms with Gasteiger partial charge in [-0.25, -0.2) is 14.6 Å². The molecular formula is C30H29N3O5S2. The molecule has 40 heavy (non-hydrogen) atoms. The number of fused-ring (bicyclic) bond motifs is 1. The van der Waals surface area contributed by atoms with Crippen LogP contribution in [-0.2, 0) is 14.3 Å². The van der Waals surface area contributed by atoms with Crippen molar-refractivity contribution in [3.8, 4) is 5.69 Å². The van der Waals surface area contributed by atoms with Crippen molar-refractivity contribution in [2.45, 2.75) is 40.7 Å². The Bertz CT molecular complexity index is 1810. The minimum Gasteiger partial charge on any atom is -0.463 e. The molecule has 0 N–H and O–H groups in total. The Morgan fingerprint density at radius 3 is 2.38 bits per heavy atom. The van der Waals surface area contributed by atoms with E-state index in [1.807, 2.05) is 55.6 Å². The number of carbonyl (C=O) groups excluding carboxylic acids is 2. The predicted molar refractivity (Wildman–Crippen MR) is 156 cm³/mol. The van der Waals surface area contributed by atoms with E-state index in [1.165, 1.54) is 22.7 Å². The Morgan fingerprint density at radius 2 is 1.73 bits per heavy atom. The number of aryl methyl sites for hydroxylation is 1. The molecule has 3 aromatic heterocycles. The normalized spacial score (nSPS) is 15.1. The summed E-state index contributed by atoms with van der Waals surface area (Å²) in [4.78, 5) is 44.9. The zero-order chi connectivity index (χ0) is 28.6.